The molecule has 0 aliphatic carbocycles. The molecule has 1 aromatic carbocycles. The maximum absolute atomic E-state index is 12.7. The van der Waals surface area contributed by atoms with Gasteiger partial charge < -0.3 is 9.32 Å². The molecule has 0 spiro atoms. The first-order chi connectivity index (χ1) is 11.2. The smallest absolute Gasteiger partial charge is 0.269 e. The summed E-state index contributed by atoms with van der Waals surface area (Å²) < 4.78 is 5.38. The number of nitriles is 2. The molecule has 0 atom stereocenters. The molecular formula is C18H15N3O2. The van der Waals surface area contributed by atoms with Crippen molar-refractivity contribution in [1.82, 2.24) is 0 Å². The van der Waals surface area contributed by atoms with Crippen molar-refractivity contribution < 1.29 is 9.21 Å². The SMILES string of the molecule is Cc1ccc(/C=C(\C#N)C(=O)N(CCC#N)c2ccccc2)o1. The second-order valence-electron chi connectivity index (χ2n) is 4.82. The Bertz CT molecular complexity index is 792. The fourth-order valence-electron chi connectivity index (χ4n) is 2.08. The Morgan fingerprint density at radius 3 is 2.52 bits per heavy atom. The maximum atomic E-state index is 12.7. The first-order valence-corrected chi connectivity index (χ1v) is 7.08. The lowest BCUT2D eigenvalue weighted by Crippen LogP contribution is -2.32. The van der Waals surface area contributed by atoms with Gasteiger partial charge in [-0.15, -0.1) is 0 Å². The van der Waals surface area contributed by atoms with Crippen LogP contribution < -0.4 is 4.90 Å². The molecule has 0 aliphatic rings. The van der Waals surface area contributed by atoms with Gasteiger partial charge in [0.25, 0.3) is 5.91 Å². The molecule has 2 aromatic rings. The molecule has 2 rings (SSSR count). The minimum atomic E-state index is -0.456. The third-order valence-corrected chi connectivity index (χ3v) is 3.16. The van der Waals surface area contributed by atoms with E-state index < -0.39 is 5.91 Å². The molecule has 5 nitrogen and oxygen atoms in total. The fourth-order valence-corrected chi connectivity index (χ4v) is 2.08. The van der Waals surface area contributed by atoms with Gasteiger partial charge in [-0.05, 0) is 31.2 Å². The molecular weight excluding hydrogens is 290 g/mol. The third-order valence-electron chi connectivity index (χ3n) is 3.16. The number of rotatable bonds is 5. The summed E-state index contributed by atoms with van der Waals surface area (Å²) in [5.74, 6) is 0.689. The van der Waals surface area contributed by atoms with Crippen molar-refractivity contribution in [3.8, 4) is 12.1 Å². The van der Waals surface area contributed by atoms with E-state index in [0.717, 1.165) is 0 Å². The number of furan rings is 1. The molecule has 0 saturated heterocycles. The van der Waals surface area contributed by atoms with Crippen LogP contribution in [0.25, 0.3) is 6.08 Å². The maximum Gasteiger partial charge on any atom is 0.269 e. The Labute approximate surface area is 134 Å². The van der Waals surface area contributed by atoms with E-state index in [0.29, 0.717) is 17.2 Å². The van der Waals surface area contributed by atoms with Gasteiger partial charge in [-0.3, -0.25) is 4.79 Å². The fraction of sp³-hybridized carbons (Fsp3) is 0.167. The Morgan fingerprint density at radius 1 is 1.22 bits per heavy atom. The normalized spacial score (nSPS) is 10.7. The second kappa shape index (κ2) is 7.63. The quantitative estimate of drug-likeness (QED) is 0.626. The van der Waals surface area contributed by atoms with E-state index in [1.807, 2.05) is 18.2 Å². The van der Waals surface area contributed by atoms with Gasteiger partial charge in [-0.25, -0.2) is 0 Å². The van der Waals surface area contributed by atoms with Gasteiger partial charge in [0.05, 0.1) is 12.5 Å². The first kappa shape index (κ1) is 16.1. The van der Waals surface area contributed by atoms with E-state index >= 15 is 0 Å². The summed E-state index contributed by atoms with van der Waals surface area (Å²) in [7, 11) is 0. The van der Waals surface area contributed by atoms with Crippen LogP contribution in [0.1, 0.15) is 17.9 Å². The summed E-state index contributed by atoms with van der Waals surface area (Å²) in [5, 5.41) is 18.1. The van der Waals surface area contributed by atoms with Crippen molar-refractivity contribution in [2.75, 3.05) is 11.4 Å². The number of para-hydroxylation sites is 1. The minimum Gasteiger partial charge on any atom is -0.462 e. The van der Waals surface area contributed by atoms with E-state index in [9.17, 15) is 10.1 Å². The largest absolute Gasteiger partial charge is 0.462 e. The first-order valence-electron chi connectivity index (χ1n) is 7.08. The number of aryl methyl sites for hydroxylation is 1. The third kappa shape index (κ3) is 4.09. The topological polar surface area (TPSA) is 81.0 Å². The van der Waals surface area contributed by atoms with Crippen LogP contribution in [0.5, 0.6) is 0 Å². The molecule has 0 unspecified atom stereocenters. The van der Waals surface area contributed by atoms with Gasteiger partial charge in [0.2, 0.25) is 0 Å². The molecule has 1 amide bonds. The van der Waals surface area contributed by atoms with Gasteiger partial charge in [0.15, 0.2) is 0 Å². The molecule has 0 fully saturated rings. The summed E-state index contributed by atoms with van der Waals surface area (Å²) in [5.41, 5.74) is 0.602. The summed E-state index contributed by atoms with van der Waals surface area (Å²) in [6.07, 6.45) is 1.59. The zero-order valence-electron chi connectivity index (χ0n) is 12.7. The minimum absolute atomic E-state index is 0.0406. The van der Waals surface area contributed by atoms with Crippen molar-refractivity contribution in [2.45, 2.75) is 13.3 Å². The highest BCUT2D eigenvalue weighted by atomic mass is 16.3. The van der Waals surface area contributed by atoms with Crippen LogP contribution in [0.2, 0.25) is 0 Å². The molecule has 0 bridgehead atoms. The molecule has 23 heavy (non-hydrogen) atoms. The van der Waals surface area contributed by atoms with E-state index in [2.05, 4.69) is 0 Å². The molecule has 0 radical (unpaired) electrons. The Hall–Kier alpha value is -3.31. The molecule has 1 aromatic heterocycles. The van der Waals surface area contributed by atoms with Crippen LogP contribution in [0, 0.1) is 29.6 Å². The van der Waals surface area contributed by atoms with Crippen molar-refractivity contribution in [3.05, 3.63) is 59.6 Å². The van der Waals surface area contributed by atoms with Gasteiger partial charge in [0.1, 0.15) is 23.2 Å². The highest BCUT2D eigenvalue weighted by Crippen LogP contribution is 2.18. The summed E-state index contributed by atoms with van der Waals surface area (Å²) >= 11 is 0. The van der Waals surface area contributed by atoms with Gasteiger partial charge in [0, 0.05) is 18.3 Å². The number of carbonyl (C=O) groups is 1. The zero-order chi connectivity index (χ0) is 16.7. The predicted octanol–water partition coefficient (Wildman–Crippen LogP) is 3.44. The van der Waals surface area contributed by atoms with E-state index in [1.165, 1.54) is 11.0 Å². The molecule has 114 valence electrons. The van der Waals surface area contributed by atoms with Crippen molar-refractivity contribution in [1.29, 1.82) is 10.5 Å². The monoisotopic (exact) mass is 305 g/mol. The zero-order valence-corrected chi connectivity index (χ0v) is 12.7. The summed E-state index contributed by atoms with van der Waals surface area (Å²) in [6.45, 7) is 2.00. The lowest BCUT2D eigenvalue weighted by atomic mass is 10.2. The molecule has 0 N–H and O–H groups in total. The van der Waals surface area contributed by atoms with Crippen LogP contribution in [0.4, 0.5) is 5.69 Å². The standard InChI is InChI=1S/C18H15N3O2/c1-14-8-9-17(23-14)12-15(13-20)18(22)21(11-5-10-19)16-6-3-2-4-7-16/h2-4,6-9,12H,5,11H2,1H3/b15-12+. The van der Waals surface area contributed by atoms with Crippen LogP contribution in [-0.2, 0) is 4.79 Å². The Morgan fingerprint density at radius 2 is 1.96 bits per heavy atom. The highest BCUT2D eigenvalue weighted by Gasteiger charge is 2.20. The van der Waals surface area contributed by atoms with Crippen molar-refractivity contribution in [3.63, 3.8) is 0 Å². The Kier molecular flexibility index (Phi) is 5.33. The summed E-state index contributed by atoms with van der Waals surface area (Å²) in [6, 6.07) is 16.4. The number of hydrogen-bond donors (Lipinski definition) is 0. The van der Waals surface area contributed by atoms with Gasteiger partial charge in [-0.1, -0.05) is 18.2 Å². The van der Waals surface area contributed by atoms with Crippen molar-refractivity contribution >= 4 is 17.7 Å². The van der Waals surface area contributed by atoms with Crippen LogP contribution >= 0.6 is 0 Å². The number of carbonyl (C=O) groups excluding carboxylic acids is 1. The predicted molar refractivity (Wildman–Crippen MR) is 86.1 cm³/mol. The average Bonchev–Trinajstić information content (AvgIpc) is 2.99. The highest BCUT2D eigenvalue weighted by molar-refractivity contribution is 6.11. The summed E-state index contributed by atoms with van der Waals surface area (Å²) in [4.78, 5) is 14.1. The number of benzene rings is 1. The number of nitrogens with zero attached hydrogens (tertiary/aromatic N) is 3. The second-order valence-corrected chi connectivity index (χ2v) is 4.82. The molecule has 5 heteroatoms. The van der Waals surface area contributed by atoms with Gasteiger partial charge >= 0.3 is 0 Å². The number of hydrogen-bond acceptors (Lipinski definition) is 4. The number of amides is 1. The van der Waals surface area contributed by atoms with Crippen LogP contribution in [0.15, 0.2) is 52.5 Å². The van der Waals surface area contributed by atoms with Gasteiger partial charge in [-0.2, -0.15) is 10.5 Å². The van der Waals surface area contributed by atoms with Crippen LogP contribution in [0.3, 0.4) is 0 Å². The lowest BCUT2D eigenvalue weighted by Gasteiger charge is -2.21. The Balaban J connectivity index is 2.33. The van der Waals surface area contributed by atoms with Crippen LogP contribution in [-0.4, -0.2) is 12.5 Å². The average molecular weight is 305 g/mol. The van der Waals surface area contributed by atoms with Crippen molar-refractivity contribution in [2.24, 2.45) is 0 Å². The molecule has 1 heterocycles. The lowest BCUT2D eigenvalue weighted by molar-refractivity contribution is -0.114. The van der Waals surface area contributed by atoms with E-state index in [-0.39, 0.29) is 18.5 Å². The number of anilines is 1. The van der Waals surface area contributed by atoms with E-state index in [1.54, 1.807) is 43.3 Å². The molecule has 0 aliphatic heterocycles. The van der Waals surface area contributed by atoms with E-state index in [4.69, 9.17) is 9.68 Å². The molecule has 0 saturated carbocycles.